The first-order valence-electron chi connectivity index (χ1n) is 5.06. The quantitative estimate of drug-likeness (QED) is 0.659. The molecule has 0 bridgehead atoms. The van der Waals surface area contributed by atoms with Crippen molar-refractivity contribution in [2.45, 2.75) is 33.1 Å². The summed E-state index contributed by atoms with van der Waals surface area (Å²) in [6, 6.07) is 0. The third-order valence-corrected chi connectivity index (χ3v) is 2.38. The molecule has 2 heterocycles. The smallest absolute Gasteiger partial charge is 0.163 e. The topological polar surface area (TPSA) is 43.6 Å². The Morgan fingerprint density at radius 2 is 1.87 bits per heavy atom. The van der Waals surface area contributed by atoms with E-state index in [1.54, 1.807) is 6.33 Å². The van der Waals surface area contributed by atoms with E-state index in [2.05, 4.69) is 35.7 Å². The van der Waals surface area contributed by atoms with Crippen LogP contribution in [0.25, 0.3) is 11.2 Å². The molecule has 4 heteroatoms. The number of rotatable bonds is 0. The van der Waals surface area contributed by atoms with Crippen LogP contribution >= 0.6 is 0 Å². The summed E-state index contributed by atoms with van der Waals surface area (Å²) in [6.45, 7) is 8.34. The molecule has 0 spiro atoms. The second kappa shape index (κ2) is 3.02. The fourth-order valence-corrected chi connectivity index (χ4v) is 1.64. The molecule has 0 aliphatic carbocycles. The first kappa shape index (κ1) is 10.1. The zero-order valence-electron chi connectivity index (χ0n) is 9.87. The van der Waals surface area contributed by atoms with Gasteiger partial charge in [0.15, 0.2) is 5.65 Å². The van der Waals surface area contributed by atoms with Gasteiger partial charge in [-0.2, -0.15) is 0 Å². The van der Waals surface area contributed by atoms with Gasteiger partial charge in [0.25, 0.3) is 0 Å². The van der Waals surface area contributed by atoms with Crippen LogP contribution in [0.15, 0.2) is 6.33 Å². The van der Waals surface area contributed by atoms with E-state index in [-0.39, 0.29) is 5.41 Å². The molecule has 0 saturated carbocycles. The molecule has 0 unspecified atom stereocenters. The second-order valence-corrected chi connectivity index (χ2v) is 4.90. The number of fused-ring (bicyclic) bond motifs is 1. The SMILES string of the molecule is Cc1nc(C(C)(C)C)c2ncn(C)c2n1. The van der Waals surface area contributed by atoms with E-state index in [9.17, 15) is 0 Å². The Balaban J connectivity index is 2.84. The molecular weight excluding hydrogens is 188 g/mol. The highest BCUT2D eigenvalue weighted by molar-refractivity contribution is 5.74. The minimum absolute atomic E-state index is 0.000301. The van der Waals surface area contributed by atoms with Crippen LogP contribution in [0.2, 0.25) is 0 Å². The maximum absolute atomic E-state index is 4.50. The number of imidazole rings is 1. The number of hydrogen-bond donors (Lipinski definition) is 0. The Hall–Kier alpha value is -1.45. The second-order valence-electron chi connectivity index (χ2n) is 4.90. The molecule has 0 N–H and O–H groups in total. The first-order valence-corrected chi connectivity index (χ1v) is 5.06. The molecule has 2 rings (SSSR count). The molecule has 0 fully saturated rings. The third-order valence-electron chi connectivity index (χ3n) is 2.38. The van der Waals surface area contributed by atoms with E-state index in [0.29, 0.717) is 0 Å². The lowest BCUT2D eigenvalue weighted by molar-refractivity contribution is 0.570. The number of aromatic nitrogens is 4. The van der Waals surface area contributed by atoms with E-state index in [4.69, 9.17) is 0 Å². The van der Waals surface area contributed by atoms with Crippen molar-refractivity contribution in [2.24, 2.45) is 7.05 Å². The van der Waals surface area contributed by atoms with Crippen molar-refractivity contribution < 1.29 is 0 Å². The lowest BCUT2D eigenvalue weighted by Gasteiger charge is -2.18. The van der Waals surface area contributed by atoms with E-state index in [0.717, 1.165) is 22.7 Å². The average Bonchev–Trinajstić information content (AvgIpc) is 2.45. The summed E-state index contributed by atoms with van der Waals surface area (Å²) < 4.78 is 1.93. The molecule has 80 valence electrons. The van der Waals surface area contributed by atoms with Gasteiger partial charge >= 0.3 is 0 Å². The van der Waals surface area contributed by atoms with Gasteiger partial charge in [-0.15, -0.1) is 0 Å². The highest BCUT2D eigenvalue weighted by atomic mass is 15.1. The van der Waals surface area contributed by atoms with Gasteiger partial charge in [0.1, 0.15) is 11.3 Å². The van der Waals surface area contributed by atoms with Crippen molar-refractivity contribution in [1.29, 1.82) is 0 Å². The van der Waals surface area contributed by atoms with Crippen LogP contribution < -0.4 is 0 Å². The molecule has 2 aromatic rings. The fourth-order valence-electron chi connectivity index (χ4n) is 1.64. The van der Waals surface area contributed by atoms with E-state index < -0.39 is 0 Å². The van der Waals surface area contributed by atoms with Gasteiger partial charge in [-0.3, -0.25) is 0 Å². The van der Waals surface area contributed by atoms with Crippen LogP contribution in [0, 0.1) is 6.92 Å². The maximum Gasteiger partial charge on any atom is 0.163 e. The molecule has 0 radical (unpaired) electrons. The van der Waals surface area contributed by atoms with Crippen molar-refractivity contribution in [3.8, 4) is 0 Å². The van der Waals surface area contributed by atoms with Gasteiger partial charge in [-0.05, 0) is 6.92 Å². The maximum atomic E-state index is 4.50. The Morgan fingerprint density at radius 1 is 1.20 bits per heavy atom. The predicted molar refractivity (Wildman–Crippen MR) is 59.7 cm³/mol. The van der Waals surface area contributed by atoms with Crippen molar-refractivity contribution in [3.63, 3.8) is 0 Å². The summed E-state index contributed by atoms with van der Waals surface area (Å²) in [4.78, 5) is 13.3. The number of nitrogens with zero attached hydrogens (tertiary/aromatic N) is 4. The van der Waals surface area contributed by atoms with Gasteiger partial charge in [0.05, 0.1) is 12.0 Å². The Kier molecular flexibility index (Phi) is 2.03. The zero-order valence-corrected chi connectivity index (χ0v) is 9.87. The number of hydrogen-bond acceptors (Lipinski definition) is 3. The summed E-state index contributed by atoms with van der Waals surface area (Å²) in [6.07, 6.45) is 1.79. The van der Waals surface area contributed by atoms with E-state index in [1.807, 2.05) is 18.5 Å². The minimum Gasteiger partial charge on any atom is -0.318 e. The predicted octanol–water partition coefficient (Wildman–Crippen LogP) is 1.97. The van der Waals surface area contributed by atoms with Crippen molar-refractivity contribution >= 4 is 11.2 Å². The van der Waals surface area contributed by atoms with E-state index in [1.165, 1.54) is 0 Å². The molecule has 0 aliphatic rings. The van der Waals surface area contributed by atoms with Gasteiger partial charge in [-0.25, -0.2) is 15.0 Å². The van der Waals surface area contributed by atoms with Crippen molar-refractivity contribution in [2.75, 3.05) is 0 Å². The summed E-state index contributed by atoms with van der Waals surface area (Å²) >= 11 is 0. The molecule has 15 heavy (non-hydrogen) atoms. The Morgan fingerprint density at radius 3 is 2.47 bits per heavy atom. The van der Waals surface area contributed by atoms with Gasteiger partial charge in [0, 0.05) is 12.5 Å². The highest BCUT2D eigenvalue weighted by Crippen LogP contribution is 2.26. The summed E-state index contributed by atoms with van der Waals surface area (Å²) in [5, 5.41) is 0. The molecule has 2 aromatic heterocycles. The standard InChI is InChI=1S/C11H16N4/c1-7-13-9(11(2,3)4)8-10(14-7)15(5)6-12-8/h6H,1-5H3. The van der Waals surface area contributed by atoms with Gasteiger partial charge < -0.3 is 4.57 Å². The molecule has 4 nitrogen and oxygen atoms in total. The monoisotopic (exact) mass is 204 g/mol. The molecular formula is C11H16N4. The van der Waals surface area contributed by atoms with Crippen LogP contribution in [0.1, 0.15) is 32.3 Å². The summed E-state index contributed by atoms with van der Waals surface area (Å²) in [7, 11) is 1.95. The molecule has 0 aromatic carbocycles. The van der Waals surface area contributed by atoms with Crippen LogP contribution in [0.3, 0.4) is 0 Å². The molecule has 0 amide bonds. The zero-order chi connectivity index (χ0) is 11.2. The fraction of sp³-hybridized carbons (Fsp3) is 0.545. The molecule has 0 atom stereocenters. The van der Waals surface area contributed by atoms with Gasteiger partial charge in [-0.1, -0.05) is 20.8 Å². The Bertz CT molecular complexity index is 505. The first-order chi connectivity index (χ1) is 6.89. The highest BCUT2D eigenvalue weighted by Gasteiger charge is 2.21. The normalized spacial score (nSPS) is 12.3. The average molecular weight is 204 g/mol. The van der Waals surface area contributed by atoms with E-state index >= 15 is 0 Å². The van der Waals surface area contributed by atoms with Gasteiger partial charge in [0.2, 0.25) is 0 Å². The summed E-state index contributed by atoms with van der Waals surface area (Å²) in [5.41, 5.74) is 2.84. The lowest BCUT2D eigenvalue weighted by atomic mass is 9.91. The largest absolute Gasteiger partial charge is 0.318 e. The molecule has 0 saturated heterocycles. The van der Waals surface area contributed by atoms with Crippen LogP contribution in [0.4, 0.5) is 0 Å². The van der Waals surface area contributed by atoms with Crippen LogP contribution in [-0.4, -0.2) is 19.5 Å². The van der Waals surface area contributed by atoms with Crippen molar-refractivity contribution in [3.05, 3.63) is 17.8 Å². The third kappa shape index (κ3) is 1.60. The lowest BCUT2D eigenvalue weighted by Crippen LogP contribution is -2.15. The van der Waals surface area contributed by atoms with Crippen molar-refractivity contribution in [1.82, 2.24) is 19.5 Å². The minimum atomic E-state index is 0.000301. The van der Waals surface area contributed by atoms with Crippen LogP contribution in [-0.2, 0) is 12.5 Å². The summed E-state index contributed by atoms with van der Waals surface area (Å²) in [5.74, 6) is 0.802. The number of aryl methyl sites for hydroxylation is 2. The van der Waals surface area contributed by atoms with Crippen LogP contribution in [0.5, 0.6) is 0 Å². The molecule has 0 aliphatic heterocycles. The Labute approximate surface area is 89.4 Å².